The van der Waals surface area contributed by atoms with Crippen LogP contribution in [0.5, 0.6) is 0 Å². The van der Waals surface area contributed by atoms with Crippen LogP contribution in [0.2, 0.25) is 0 Å². The molecule has 2 heterocycles. The van der Waals surface area contributed by atoms with Crippen molar-refractivity contribution in [2.75, 3.05) is 13.6 Å². The highest BCUT2D eigenvalue weighted by molar-refractivity contribution is 5.85. The van der Waals surface area contributed by atoms with Gasteiger partial charge in [0.1, 0.15) is 0 Å². The van der Waals surface area contributed by atoms with Gasteiger partial charge >= 0.3 is 0 Å². The first-order valence-electron chi connectivity index (χ1n) is 5.47. The number of hydrogen-bond acceptors (Lipinski definition) is 3. The zero-order chi connectivity index (χ0) is 9.97. The maximum atomic E-state index is 5.38. The number of aromatic nitrogens is 1. The van der Waals surface area contributed by atoms with E-state index in [4.69, 9.17) is 4.52 Å². The summed E-state index contributed by atoms with van der Waals surface area (Å²) in [6.45, 7) is 3.34. The molecule has 0 bridgehead atoms. The fourth-order valence-corrected chi connectivity index (χ4v) is 2.13. The second-order valence-corrected chi connectivity index (χ2v) is 4.11. The Hall–Kier alpha value is -0.540. The van der Waals surface area contributed by atoms with Gasteiger partial charge in [0.05, 0.1) is 11.7 Å². The second kappa shape index (κ2) is 5.52. The van der Waals surface area contributed by atoms with E-state index in [1.165, 1.54) is 19.4 Å². The molecule has 0 spiro atoms. The normalized spacial score (nSPS) is 21.6. The summed E-state index contributed by atoms with van der Waals surface area (Å²) < 4.78 is 5.38. The van der Waals surface area contributed by atoms with Gasteiger partial charge in [-0.2, -0.15) is 0 Å². The molecular formula is C11H19ClN2O. The number of aryl methyl sites for hydroxylation is 1. The minimum Gasteiger partial charge on any atom is -0.359 e. The van der Waals surface area contributed by atoms with E-state index in [-0.39, 0.29) is 12.4 Å². The average molecular weight is 231 g/mol. The predicted molar refractivity (Wildman–Crippen MR) is 62.4 cm³/mol. The summed E-state index contributed by atoms with van der Waals surface area (Å²) in [5.41, 5.74) is 1.10. The van der Waals surface area contributed by atoms with E-state index in [0.717, 1.165) is 24.3 Å². The van der Waals surface area contributed by atoms with E-state index in [1.807, 2.05) is 0 Å². The van der Waals surface area contributed by atoms with Gasteiger partial charge in [0, 0.05) is 6.07 Å². The van der Waals surface area contributed by atoms with E-state index in [2.05, 4.69) is 30.1 Å². The van der Waals surface area contributed by atoms with Gasteiger partial charge in [0.25, 0.3) is 0 Å². The van der Waals surface area contributed by atoms with E-state index >= 15 is 0 Å². The molecule has 4 heteroatoms. The molecule has 0 aliphatic carbocycles. The molecule has 86 valence electrons. The molecule has 1 saturated heterocycles. The topological polar surface area (TPSA) is 29.3 Å². The standard InChI is InChI=1S/C11H18N2O.ClH/c1-3-5-9-8-11(14-12-9)10-6-4-7-13(10)2;/h8,10H,3-7H2,1-2H3;1H/t10-;/m0./s1. The molecule has 1 aliphatic heterocycles. The zero-order valence-electron chi connectivity index (χ0n) is 9.40. The van der Waals surface area contributed by atoms with Crippen molar-refractivity contribution in [3.63, 3.8) is 0 Å². The van der Waals surface area contributed by atoms with Crippen LogP contribution in [0.3, 0.4) is 0 Å². The average Bonchev–Trinajstić information content (AvgIpc) is 2.74. The van der Waals surface area contributed by atoms with Crippen molar-refractivity contribution in [2.24, 2.45) is 0 Å². The van der Waals surface area contributed by atoms with Gasteiger partial charge < -0.3 is 4.52 Å². The number of halogens is 1. The summed E-state index contributed by atoms with van der Waals surface area (Å²) in [6.07, 6.45) is 4.63. The summed E-state index contributed by atoms with van der Waals surface area (Å²) in [4.78, 5) is 2.34. The summed E-state index contributed by atoms with van der Waals surface area (Å²) in [5.74, 6) is 1.05. The first-order valence-corrected chi connectivity index (χ1v) is 5.47. The van der Waals surface area contributed by atoms with Crippen molar-refractivity contribution in [3.05, 3.63) is 17.5 Å². The highest BCUT2D eigenvalue weighted by Crippen LogP contribution is 2.30. The van der Waals surface area contributed by atoms with Gasteiger partial charge in [-0.05, 0) is 32.9 Å². The maximum absolute atomic E-state index is 5.38. The number of rotatable bonds is 3. The van der Waals surface area contributed by atoms with E-state index in [1.54, 1.807) is 0 Å². The monoisotopic (exact) mass is 230 g/mol. The molecule has 3 nitrogen and oxygen atoms in total. The Morgan fingerprint density at radius 2 is 2.40 bits per heavy atom. The van der Waals surface area contributed by atoms with E-state index in [9.17, 15) is 0 Å². The second-order valence-electron chi connectivity index (χ2n) is 4.11. The van der Waals surface area contributed by atoms with Crippen LogP contribution in [0.15, 0.2) is 10.6 Å². The van der Waals surface area contributed by atoms with Crippen molar-refractivity contribution in [1.82, 2.24) is 10.1 Å². The third kappa shape index (κ3) is 2.73. The van der Waals surface area contributed by atoms with Crippen molar-refractivity contribution in [1.29, 1.82) is 0 Å². The Kier molecular flexibility index (Phi) is 4.61. The van der Waals surface area contributed by atoms with Crippen molar-refractivity contribution >= 4 is 12.4 Å². The molecule has 1 aliphatic rings. The minimum atomic E-state index is 0. The zero-order valence-corrected chi connectivity index (χ0v) is 10.2. The van der Waals surface area contributed by atoms with Crippen LogP contribution in [0.1, 0.15) is 43.7 Å². The molecule has 1 atom stereocenters. The highest BCUT2D eigenvalue weighted by atomic mass is 35.5. The predicted octanol–water partition coefficient (Wildman–Crippen LogP) is 2.82. The molecule has 0 amide bonds. The Bertz CT molecular complexity index is 301. The van der Waals surface area contributed by atoms with Crippen LogP contribution in [0, 0.1) is 0 Å². The summed E-state index contributed by atoms with van der Waals surface area (Å²) in [6, 6.07) is 2.59. The molecule has 0 N–H and O–H groups in total. The van der Waals surface area contributed by atoms with Gasteiger partial charge in [-0.15, -0.1) is 12.4 Å². The van der Waals surface area contributed by atoms with Crippen LogP contribution in [0.25, 0.3) is 0 Å². The van der Waals surface area contributed by atoms with E-state index < -0.39 is 0 Å². The third-order valence-electron chi connectivity index (χ3n) is 2.93. The Balaban J connectivity index is 0.00000112. The molecule has 1 aromatic heterocycles. The van der Waals surface area contributed by atoms with Crippen LogP contribution in [-0.2, 0) is 6.42 Å². The molecule has 1 fully saturated rings. The fourth-order valence-electron chi connectivity index (χ4n) is 2.13. The number of hydrogen-bond donors (Lipinski definition) is 0. The largest absolute Gasteiger partial charge is 0.359 e. The Labute approximate surface area is 97.2 Å². The first-order chi connectivity index (χ1) is 6.81. The quantitative estimate of drug-likeness (QED) is 0.800. The van der Waals surface area contributed by atoms with Crippen LogP contribution in [-0.4, -0.2) is 23.6 Å². The first kappa shape index (κ1) is 12.5. The molecule has 15 heavy (non-hydrogen) atoms. The Morgan fingerprint density at radius 3 is 3.00 bits per heavy atom. The molecule has 1 aromatic rings. The lowest BCUT2D eigenvalue weighted by Crippen LogP contribution is -2.16. The summed E-state index contributed by atoms with van der Waals surface area (Å²) in [7, 11) is 2.15. The van der Waals surface area contributed by atoms with Crippen molar-refractivity contribution < 1.29 is 4.52 Å². The molecular weight excluding hydrogens is 212 g/mol. The number of likely N-dealkylation sites (tertiary alicyclic amines) is 1. The van der Waals surface area contributed by atoms with Crippen LogP contribution in [0.4, 0.5) is 0 Å². The van der Waals surface area contributed by atoms with Crippen molar-refractivity contribution in [2.45, 2.75) is 38.6 Å². The smallest absolute Gasteiger partial charge is 0.154 e. The summed E-state index contributed by atoms with van der Waals surface area (Å²) >= 11 is 0. The maximum Gasteiger partial charge on any atom is 0.154 e. The van der Waals surface area contributed by atoms with E-state index in [0.29, 0.717) is 6.04 Å². The SMILES string of the molecule is CCCc1cc([C@@H]2CCCN2C)on1.Cl. The minimum absolute atomic E-state index is 0. The number of nitrogens with zero attached hydrogens (tertiary/aromatic N) is 2. The molecule has 0 radical (unpaired) electrons. The fraction of sp³-hybridized carbons (Fsp3) is 0.727. The lowest BCUT2D eigenvalue weighted by atomic mass is 10.1. The van der Waals surface area contributed by atoms with Gasteiger partial charge in [-0.25, -0.2) is 0 Å². The lowest BCUT2D eigenvalue weighted by molar-refractivity contribution is 0.251. The van der Waals surface area contributed by atoms with Gasteiger partial charge in [0.2, 0.25) is 0 Å². The molecule has 0 aromatic carbocycles. The van der Waals surface area contributed by atoms with Crippen molar-refractivity contribution in [3.8, 4) is 0 Å². The van der Waals surface area contributed by atoms with Crippen LogP contribution < -0.4 is 0 Å². The highest BCUT2D eigenvalue weighted by Gasteiger charge is 2.25. The summed E-state index contributed by atoms with van der Waals surface area (Å²) in [5, 5.41) is 4.08. The Morgan fingerprint density at radius 1 is 1.60 bits per heavy atom. The lowest BCUT2D eigenvalue weighted by Gasteiger charge is -2.15. The molecule has 0 unspecified atom stereocenters. The van der Waals surface area contributed by atoms with Crippen LogP contribution >= 0.6 is 12.4 Å². The molecule has 2 rings (SSSR count). The molecule has 0 saturated carbocycles. The van der Waals surface area contributed by atoms with Gasteiger partial charge in [-0.1, -0.05) is 18.5 Å². The third-order valence-corrected chi connectivity index (χ3v) is 2.93. The van der Waals surface area contributed by atoms with Gasteiger partial charge in [-0.3, -0.25) is 4.90 Å². The van der Waals surface area contributed by atoms with Gasteiger partial charge in [0.15, 0.2) is 5.76 Å².